The molecule has 1 aromatic carbocycles. The van der Waals surface area contributed by atoms with Gasteiger partial charge < -0.3 is 15.0 Å². The molecule has 2 amide bonds. The molecule has 2 fully saturated rings. The van der Waals surface area contributed by atoms with Crippen LogP contribution in [0.1, 0.15) is 55.8 Å². The van der Waals surface area contributed by atoms with Crippen molar-refractivity contribution in [1.82, 2.24) is 10.2 Å². The second-order valence-corrected chi connectivity index (χ2v) is 7.25. The topological polar surface area (TPSA) is 58.6 Å². The zero-order valence-corrected chi connectivity index (χ0v) is 15.0. The molecule has 0 aromatic heterocycles. The van der Waals surface area contributed by atoms with Gasteiger partial charge in [-0.25, -0.2) is 0 Å². The van der Waals surface area contributed by atoms with E-state index in [1.165, 1.54) is 19.3 Å². The Hall–Kier alpha value is -2.04. The van der Waals surface area contributed by atoms with E-state index in [0.29, 0.717) is 17.2 Å². The van der Waals surface area contributed by atoms with Gasteiger partial charge in [-0.05, 0) is 55.9 Å². The average Bonchev–Trinajstić information content (AvgIpc) is 3.16. The lowest BCUT2D eigenvalue weighted by molar-refractivity contribution is -0.124. The van der Waals surface area contributed by atoms with E-state index in [1.807, 2.05) is 4.90 Å². The SMILES string of the molecule is C[C@@H]1CCCC[C@H]1NC(=O)COc1ccc(C(=O)N2CCCC2)cc1. The van der Waals surface area contributed by atoms with E-state index in [-0.39, 0.29) is 24.5 Å². The molecule has 0 bridgehead atoms. The van der Waals surface area contributed by atoms with Crippen LogP contribution in [-0.4, -0.2) is 42.5 Å². The minimum atomic E-state index is -0.0732. The van der Waals surface area contributed by atoms with Crippen LogP contribution < -0.4 is 10.1 Å². The van der Waals surface area contributed by atoms with Gasteiger partial charge in [0, 0.05) is 24.7 Å². The molecule has 25 heavy (non-hydrogen) atoms. The predicted molar refractivity (Wildman–Crippen MR) is 96.6 cm³/mol. The molecule has 2 aliphatic rings. The van der Waals surface area contributed by atoms with Crippen LogP contribution in [0, 0.1) is 5.92 Å². The van der Waals surface area contributed by atoms with Crippen LogP contribution in [-0.2, 0) is 4.79 Å². The van der Waals surface area contributed by atoms with E-state index in [2.05, 4.69) is 12.2 Å². The number of benzene rings is 1. The lowest BCUT2D eigenvalue weighted by Gasteiger charge is -2.29. The van der Waals surface area contributed by atoms with Gasteiger partial charge in [0.25, 0.3) is 11.8 Å². The second kappa shape index (κ2) is 8.37. The van der Waals surface area contributed by atoms with Gasteiger partial charge >= 0.3 is 0 Å². The largest absolute Gasteiger partial charge is 0.484 e. The van der Waals surface area contributed by atoms with Crippen molar-refractivity contribution in [2.24, 2.45) is 5.92 Å². The van der Waals surface area contributed by atoms with Gasteiger partial charge in [-0.2, -0.15) is 0 Å². The zero-order valence-electron chi connectivity index (χ0n) is 15.0. The Balaban J connectivity index is 1.46. The summed E-state index contributed by atoms with van der Waals surface area (Å²) < 4.78 is 5.57. The fourth-order valence-corrected chi connectivity index (χ4v) is 3.72. The van der Waals surface area contributed by atoms with Gasteiger partial charge in [-0.1, -0.05) is 19.8 Å². The number of carbonyl (C=O) groups is 2. The summed E-state index contributed by atoms with van der Waals surface area (Å²) in [5.41, 5.74) is 0.676. The third-order valence-electron chi connectivity index (χ3n) is 5.32. The lowest BCUT2D eigenvalue weighted by atomic mass is 9.86. The second-order valence-electron chi connectivity index (χ2n) is 7.25. The van der Waals surface area contributed by atoms with Crippen LogP contribution in [0.15, 0.2) is 24.3 Å². The van der Waals surface area contributed by atoms with Gasteiger partial charge in [0.1, 0.15) is 5.75 Å². The molecule has 0 radical (unpaired) electrons. The maximum Gasteiger partial charge on any atom is 0.258 e. The summed E-state index contributed by atoms with van der Waals surface area (Å²) in [6.07, 6.45) is 6.84. The number of nitrogens with one attached hydrogen (secondary N) is 1. The highest BCUT2D eigenvalue weighted by atomic mass is 16.5. The van der Waals surface area contributed by atoms with Crippen LogP contribution >= 0.6 is 0 Å². The lowest BCUT2D eigenvalue weighted by Crippen LogP contribution is -2.43. The smallest absolute Gasteiger partial charge is 0.258 e. The van der Waals surface area contributed by atoms with Gasteiger partial charge in [0.2, 0.25) is 0 Å². The first-order valence-corrected chi connectivity index (χ1v) is 9.45. The number of nitrogens with zero attached hydrogens (tertiary/aromatic N) is 1. The summed E-state index contributed by atoms with van der Waals surface area (Å²) >= 11 is 0. The van der Waals surface area contributed by atoms with Crippen molar-refractivity contribution >= 4 is 11.8 Å². The minimum Gasteiger partial charge on any atom is -0.484 e. The molecule has 5 nitrogen and oxygen atoms in total. The molecule has 136 valence electrons. The fourth-order valence-electron chi connectivity index (χ4n) is 3.72. The Kier molecular flexibility index (Phi) is 5.95. The van der Waals surface area contributed by atoms with Crippen molar-refractivity contribution in [2.45, 2.75) is 51.5 Å². The summed E-state index contributed by atoms with van der Waals surface area (Å²) in [7, 11) is 0. The Bertz CT molecular complexity index is 593. The molecule has 2 atom stereocenters. The third kappa shape index (κ3) is 4.74. The number of carbonyl (C=O) groups excluding carboxylic acids is 2. The first-order chi connectivity index (χ1) is 12.1. The first kappa shape index (κ1) is 17.8. The number of likely N-dealkylation sites (tertiary alicyclic amines) is 1. The minimum absolute atomic E-state index is 0.0165. The first-order valence-electron chi connectivity index (χ1n) is 9.45. The van der Waals surface area contributed by atoms with Crippen molar-refractivity contribution in [1.29, 1.82) is 0 Å². The summed E-state index contributed by atoms with van der Waals surface area (Å²) in [6.45, 7) is 3.90. The third-order valence-corrected chi connectivity index (χ3v) is 5.32. The molecule has 1 aromatic rings. The predicted octanol–water partition coefficient (Wildman–Crippen LogP) is 3.00. The monoisotopic (exact) mass is 344 g/mol. The number of hydrogen-bond donors (Lipinski definition) is 1. The summed E-state index contributed by atoms with van der Waals surface area (Å²) in [6, 6.07) is 7.35. The van der Waals surface area contributed by atoms with Crippen LogP contribution in [0.4, 0.5) is 0 Å². The van der Waals surface area contributed by atoms with E-state index in [4.69, 9.17) is 4.74 Å². The summed E-state index contributed by atoms with van der Waals surface area (Å²) in [5.74, 6) is 1.16. The highest BCUT2D eigenvalue weighted by molar-refractivity contribution is 5.94. The van der Waals surface area contributed by atoms with E-state index in [0.717, 1.165) is 32.4 Å². The molecule has 1 aliphatic carbocycles. The van der Waals surface area contributed by atoms with Crippen LogP contribution in [0.5, 0.6) is 5.75 Å². The van der Waals surface area contributed by atoms with Gasteiger partial charge in [-0.3, -0.25) is 9.59 Å². The molecule has 1 heterocycles. The standard InChI is InChI=1S/C20H28N2O3/c1-15-6-2-3-7-18(15)21-19(23)14-25-17-10-8-16(9-11-17)20(24)22-12-4-5-13-22/h8-11,15,18H,2-7,12-14H2,1H3,(H,21,23)/t15-,18-/m1/s1. The Morgan fingerprint density at radius 3 is 2.44 bits per heavy atom. The van der Waals surface area contributed by atoms with E-state index >= 15 is 0 Å². The maximum atomic E-state index is 12.3. The maximum absolute atomic E-state index is 12.3. The zero-order chi connectivity index (χ0) is 17.6. The molecule has 1 N–H and O–H groups in total. The molecular formula is C20H28N2O3. The molecule has 0 unspecified atom stereocenters. The van der Waals surface area contributed by atoms with E-state index in [1.54, 1.807) is 24.3 Å². The highest BCUT2D eigenvalue weighted by Gasteiger charge is 2.23. The molecule has 5 heteroatoms. The molecule has 3 rings (SSSR count). The van der Waals surface area contributed by atoms with Crippen molar-refractivity contribution in [3.05, 3.63) is 29.8 Å². The van der Waals surface area contributed by atoms with Crippen LogP contribution in [0.25, 0.3) is 0 Å². The number of hydrogen-bond acceptors (Lipinski definition) is 3. The molecule has 1 aliphatic heterocycles. The van der Waals surface area contributed by atoms with Gasteiger partial charge in [-0.15, -0.1) is 0 Å². The van der Waals surface area contributed by atoms with Crippen molar-refractivity contribution in [2.75, 3.05) is 19.7 Å². The van der Waals surface area contributed by atoms with Gasteiger partial charge in [0.05, 0.1) is 0 Å². The molecular weight excluding hydrogens is 316 g/mol. The van der Waals surface area contributed by atoms with Crippen LogP contribution in [0.2, 0.25) is 0 Å². The molecule has 1 saturated carbocycles. The molecule has 0 spiro atoms. The van der Waals surface area contributed by atoms with Crippen molar-refractivity contribution < 1.29 is 14.3 Å². The fraction of sp³-hybridized carbons (Fsp3) is 0.600. The van der Waals surface area contributed by atoms with E-state index in [9.17, 15) is 9.59 Å². The van der Waals surface area contributed by atoms with E-state index < -0.39 is 0 Å². The number of ether oxygens (including phenoxy) is 1. The van der Waals surface area contributed by atoms with Crippen LogP contribution in [0.3, 0.4) is 0 Å². The normalized spacial score (nSPS) is 23.3. The number of amides is 2. The highest BCUT2D eigenvalue weighted by Crippen LogP contribution is 2.23. The van der Waals surface area contributed by atoms with Crippen molar-refractivity contribution in [3.8, 4) is 5.75 Å². The summed E-state index contributed by atoms with van der Waals surface area (Å²) in [4.78, 5) is 26.3. The Labute approximate surface area is 149 Å². The quantitative estimate of drug-likeness (QED) is 0.893. The number of rotatable bonds is 5. The Morgan fingerprint density at radius 1 is 1.08 bits per heavy atom. The summed E-state index contributed by atoms with van der Waals surface area (Å²) in [5, 5.41) is 3.08. The van der Waals surface area contributed by atoms with Crippen molar-refractivity contribution in [3.63, 3.8) is 0 Å². The molecule has 1 saturated heterocycles. The Morgan fingerprint density at radius 2 is 1.76 bits per heavy atom. The van der Waals surface area contributed by atoms with Gasteiger partial charge in [0.15, 0.2) is 6.61 Å². The average molecular weight is 344 g/mol.